The maximum absolute atomic E-state index is 4.85. The summed E-state index contributed by atoms with van der Waals surface area (Å²) in [7, 11) is 0. The highest BCUT2D eigenvalue weighted by atomic mass is 32.2. The number of allylic oxidation sites excluding steroid dienone is 3. The highest BCUT2D eigenvalue weighted by Crippen LogP contribution is 2.35. The summed E-state index contributed by atoms with van der Waals surface area (Å²) in [4.78, 5) is 15.2. The molecule has 0 bridgehead atoms. The van der Waals surface area contributed by atoms with Gasteiger partial charge in [-0.3, -0.25) is 15.0 Å². The minimum Gasteiger partial charge on any atom is -0.327 e. The van der Waals surface area contributed by atoms with Crippen molar-refractivity contribution in [3.63, 3.8) is 0 Å². The normalized spacial score (nSPS) is 16.5. The molecule has 0 fully saturated rings. The molecule has 0 aromatic heterocycles. The van der Waals surface area contributed by atoms with Crippen molar-refractivity contribution in [3.8, 4) is 11.1 Å². The van der Waals surface area contributed by atoms with Gasteiger partial charge in [0, 0.05) is 53.7 Å². The maximum atomic E-state index is 4.85. The molecular formula is C33H30N4S. The van der Waals surface area contributed by atoms with Gasteiger partial charge in [0.05, 0.1) is 12.3 Å². The molecule has 0 saturated carbocycles. The van der Waals surface area contributed by atoms with E-state index in [0.29, 0.717) is 0 Å². The lowest BCUT2D eigenvalue weighted by Crippen LogP contribution is -2.08. The average Bonchev–Trinajstić information content (AvgIpc) is 3.72. The van der Waals surface area contributed by atoms with E-state index >= 15 is 0 Å². The topological polar surface area (TPSA) is 49.1 Å². The van der Waals surface area contributed by atoms with Gasteiger partial charge in [0.25, 0.3) is 0 Å². The maximum Gasteiger partial charge on any atom is 0.0801 e. The Labute approximate surface area is 228 Å². The molecule has 3 aliphatic rings. The summed E-state index contributed by atoms with van der Waals surface area (Å²) in [5.41, 5.74) is 13.3. The first kappa shape index (κ1) is 24.4. The number of aliphatic imine (C=N–C) groups is 3. The van der Waals surface area contributed by atoms with E-state index in [1.807, 2.05) is 12.4 Å². The van der Waals surface area contributed by atoms with Gasteiger partial charge in [-0.15, -0.1) is 0 Å². The largest absolute Gasteiger partial charge is 0.327 e. The van der Waals surface area contributed by atoms with Crippen LogP contribution in [0.4, 0.5) is 0 Å². The van der Waals surface area contributed by atoms with Crippen LogP contribution in [0.2, 0.25) is 0 Å². The molecule has 0 saturated heterocycles. The van der Waals surface area contributed by atoms with Crippen molar-refractivity contribution >= 4 is 34.7 Å². The standard InChI is InChI=1S/C33H30N4S/c1-22-23(2)35-21-32(22)37-38-33-13-7-6-11-30(33)29-15-14-25(31-12-8-16-34-31)17-26(29)18-28-19-27(20-36-28)24-9-4-3-5-10-24/h3-11,13-17,20,37H,12,18-19,21H2,1-2H3. The Balaban J connectivity index is 1.30. The molecule has 4 nitrogen and oxygen atoms in total. The number of benzene rings is 3. The summed E-state index contributed by atoms with van der Waals surface area (Å²) >= 11 is 1.67. The van der Waals surface area contributed by atoms with Gasteiger partial charge < -0.3 is 4.72 Å². The van der Waals surface area contributed by atoms with Gasteiger partial charge in [0.2, 0.25) is 0 Å². The van der Waals surface area contributed by atoms with Gasteiger partial charge in [0.15, 0.2) is 0 Å². The lowest BCUT2D eigenvalue weighted by Gasteiger charge is -2.17. The summed E-state index contributed by atoms with van der Waals surface area (Å²) in [6.07, 6.45) is 8.62. The SMILES string of the molecule is CC1=NCC(NSc2ccccc2-c2ccc(C3=NC=CC3)cc2CC2=NC=C(c3ccccc3)C2)=C1C. The molecule has 3 aliphatic heterocycles. The minimum absolute atomic E-state index is 0.722. The molecule has 188 valence electrons. The average molecular weight is 515 g/mol. The van der Waals surface area contributed by atoms with Crippen LogP contribution in [0.1, 0.15) is 43.4 Å². The van der Waals surface area contributed by atoms with E-state index < -0.39 is 0 Å². The van der Waals surface area contributed by atoms with Crippen molar-refractivity contribution in [2.75, 3.05) is 6.54 Å². The summed E-state index contributed by atoms with van der Waals surface area (Å²) < 4.78 is 3.58. The fraction of sp³-hybridized carbons (Fsp3) is 0.182. The Morgan fingerprint density at radius 2 is 1.71 bits per heavy atom. The van der Waals surface area contributed by atoms with Crippen LogP contribution in [0, 0.1) is 0 Å². The van der Waals surface area contributed by atoms with Crippen LogP contribution in [-0.4, -0.2) is 23.7 Å². The van der Waals surface area contributed by atoms with E-state index in [1.165, 1.54) is 55.3 Å². The Bertz CT molecular complexity index is 1570. The van der Waals surface area contributed by atoms with E-state index in [0.717, 1.165) is 37.2 Å². The van der Waals surface area contributed by atoms with Gasteiger partial charge in [-0.05, 0) is 76.9 Å². The first-order valence-electron chi connectivity index (χ1n) is 13.0. The van der Waals surface area contributed by atoms with E-state index in [2.05, 4.69) is 107 Å². The first-order valence-corrected chi connectivity index (χ1v) is 13.9. The van der Waals surface area contributed by atoms with Crippen molar-refractivity contribution in [1.82, 2.24) is 4.72 Å². The fourth-order valence-electron chi connectivity index (χ4n) is 5.03. The van der Waals surface area contributed by atoms with Crippen LogP contribution < -0.4 is 4.72 Å². The van der Waals surface area contributed by atoms with Gasteiger partial charge in [-0.25, -0.2) is 0 Å². The van der Waals surface area contributed by atoms with Crippen LogP contribution in [0.25, 0.3) is 16.7 Å². The third-order valence-electron chi connectivity index (χ3n) is 7.35. The lowest BCUT2D eigenvalue weighted by molar-refractivity contribution is 1.07. The zero-order valence-corrected chi connectivity index (χ0v) is 22.6. The molecule has 0 spiro atoms. The second-order valence-corrected chi connectivity index (χ2v) is 10.7. The fourth-order valence-corrected chi connectivity index (χ4v) is 5.91. The van der Waals surface area contributed by atoms with Crippen molar-refractivity contribution < 1.29 is 0 Å². The number of nitrogens with zero attached hydrogens (tertiary/aromatic N) is 3. The molecule has 6 rings (SSSR count). The van der Waals surface area contributed by atoms with E-state index in [1.54, 1.807) is 11.9 Å². The number of nitrogens with one attached hydrogen (secondary N) is 1. The second kappa shape index (κ2) is 10.8. The molecule has 0 aliphatic carbocycles. The van der Waals surface area contributed by atoms with Gasteiger partial charge in [-0.1, -0.05) is 66.7 Å². The molecule has 0 unspecified atom stereocenters. The molecule has 1 N–H and O–H groups in total. The number of rotatable bonds is 8. The molecule has 0 radical (unpaired) electrons. The van der Waals surface area contributed by atoms with E-state index in [-0.39, 0.29) is 0 Å². The number of hydrogen-bond donors (Lipinski definition) is 1. The molecule has 0 atom stereocenters. The van der Waals surface area contributed by atoms with Crippen LogP contribution in [0.5, 0.6) is 0 Å². The monoisotopic (exact) mass is 514 g/mol. The molecule has 38 heavy (non-hydrogen) atoms. The van der Waals surface area contributed by atoms with Crippen molar-refractivity contribution in [2.45, 2.75) is 38.0 Å². The summed E-state index contributed by atoms with van der Waals surface area (Å²) in [6, 6.07) is 26.0. The number of hydrogen-bond acceptors (Lipinski definition) is 5. The molecule has 5 heteroatoms. The third kappa shape index (κ3) is 5.07. The molecule has 3 aromatic rings. The molecule has 3 aromatic carbocycles. The molecular weight excluding hydrogens is 484 g/mol. The highest BCUT2D eigenvalue weighted by molar-refractivity contribution is 7.97. The summed E-state index contributed by atoms with van der Waals surface area (Å²) in [5.74, 6) is 0. The van der Waals surface area contributed by atoms with Gasteiger partial charge >= 0.3 is 0 Å². The predicted molar refractivity (Wildman–Crippen MR) is 162 cm³/mol. The minimum atomic E-state index is 0.722. The van der Waals surface area contributed by atoms with Crippen LogP contribution in [-0.2, 0) is 6.42 Å². The first-order chi connectivity index (χ1) is 18.7. The summed E-state index contributed by atoms with van der Waals surface area (Å²) in [6.45, 7) is 4.93. The lowest BCUT2D eigenvalue weighted by atomic mass is 9.91. The Morgan fingerprint density at radius 3 is 2.50 bits per heavy atom. The van der Waals surface area contributed by atoms with Crippen molar-refractivity contribution in [2.24, 2.45) is 15.0 Å². The van der Waals surface area contributed by atoms with Gasteiger partial charge in [-0.2, -0.15) is 0 Å². The third-order valence-corrected chi connectivity index (χ3v) is 8.28. The smallest absolute Gasteiger partial charge is 0.0801 e. The predicted octanol–water partition coefficient (Wildman–Crippen LogP) is 7.83. The van der Waals surface area contributed by atoms with Crippen LogP contribution in [0.15, 0.2) is 122 Å². The Kier molecular flexibility index (Phi) is 6.93. The quantitative estimate of drug-likeness (QED) is 0.311. The van der Waals surface area contributed by atoms with Crippen molar-refractivity contribution in [3.05, 3.63) is 119 Å². The highest BCUT2D eigenvalue weighted by Gasteiger charge is 2.19. The molecule has 0 amide bonds. The Hall–Kier alpha value is -3.96. The Morgan fingerprint density at radius 1 is 0.868 bits per heavy atom. The zero-order chi connectivity index (χ0) is 25.9. The van der Waals surface area contributed by atoms with Crippen LogP contribution in [0.3, 0.4) is 0 Å². The van der Waals surface area contributed by atoms with E-state index in [4.69, 9.17) is 4.99 Å². The summed E-state index contributed by atoms with van der Waals surface area (Å²) in [5, 5.41) is 0. The zero-order valence-electron chi connectivity index (χ0n) is 21.7. The second-order valence-electron chi connectivity index (χ2n) is 9.81. The van der Waals surface area contributed by atoms with Crippen molar-refractivity contribution in [1.29, 1.82) is 0 Å². The van der Waals surface area contributed by atoms with Gasteiger partial charge in [0.1, 0.15) is 0 Å². The van der Waals surface area contributed by atoms with Crippen LogP contribution >= 0.6 is 11.9 Å². The van der Waals surface area contributed by atoms with E-state index in [9.17, 15) is 0 Å². The molecule has 3 heterocycles.